The first-order valence-electron chi connectivity index (χ1n) is 8.48. The molecule has 3 aromatic carbocycles. The number of benzene rings is 3. The predicted molar refractivity (Wildman–Crippen MR) is 120 cm³/mol. The van der Waals surface area contributed by atoms with E-state index in [1.165, 1.54) is 0 Å². The van der Waals surface area contributed by atoms with Crippen LogP contribution >= 0.6 is 38.9 Å². The lowest BCUT2D eigenvalue weighted by Gasteiger charge is -2.07. The van der Waals surface area contributed by atoms with Crippen LogP contribution < -0.4 is 5.32 Å². The van der Waals surface area contributed by atoms with Crippen molar-refractivity contribution in [2.75, 3.05) is 5.32 Å². The van der Waals surface area contributed by atoms with E-state index in [1.807, 2.05) is 72.1 Å². The summed E-state index contributed by atoms with van der Waals surface area (Å²) in [6.45, 7) is 0. The quantitative estimate of drug-likeness (QED) is 0.345. The number of hydrogen-bond acceptors (Lipinski definition) is 3. The van der Waals surface area contributed by atoms with Crippen LogP contribution in [0.1, 0.15) is 10.4 Å². The summed E-state index contributed by atoms with van der Waals surface area (Å²) in [6, 6.07) is 22.7. The van der Waals surface area contributed by atoms with E-state index in [4.69, 9.17) is 16.6 Å². The Morgan fingerprint density at radius 1 is 0.929 bits per heavy atom. The van der Waals surface area contributed by atoms with Crippen molar-refractivity contribution in [2.24, 2.45) is 0 Å². The number of rotatable bonds is 4. The molecule has 0 fully saturated rings. The second-order valence-electron chi connectivity index (χ2n) is 6.06. The van der Waals surface area contributed by atoms with Gasteiger partial charge in [-0.15, -0.1) is 11.3 Å². The summed E-state index contributed by atoms with van der Waals surface area (Å²) < 4.78 is 0.765. The van der Waals surface area contributed by atoms with Gasteiger partial charge in [-0.3, -0.25) is 4.79 Å². The Balaban J connectivity index is 1.50. The average Bonchev–Trinajstić information content (AvgIpc) is 3.19. The van der Waals surface area contributed by atoms with E-state index in [0.717, 1.165) is 32.0 Å². The molecule has 1 N–H and O–H groups in total. The van der Waals surface area contributed by atoms with E-state index in [9.17, 15) is 4.79 Å². The number of carbonyl (C=O) groups is 1. The number of nitrogens with zero attached hydrogens (tertiary/aromatic N) is 1. The van der Waals surface area contributed by atoms with Gasteiger partial charge in [0.25, 0.3) is 5.91 Å². The van der Waals surface area contributed by atoms with Gasteiger partial charge in [0.2, 0.25) is 0 Å². The van der Waals surface area contributed by atoms with E-state index in [2.05, 4.69) is 21.2 Å². The first kappa shape index (κ1) is 18.9. The topological polar surface area (TPSA) is 42.0 Å². The minimum atomic E-state index is -0.154. The average molecular weight is 470 g/mol. The molecule has 3 nitrogen and oxygen atoms in total. The van der Waals surface area contributed by atoms with Gasteiger partial charge in [-0.05, 0) is 52.3 Å². The number of hydrogen-bond donors (Lipinski definition) is 1. The van der Waals surface area contributed by atoms with E-state index in [-0.39, 0.29) is 5.91 Å². The maximum atomic E-state index is 12.4. The summed E-state index contributed by atoms with van der Waals surface area (Å²) in [5.41, 5.74) is 4.27. The Morgan fingerprint density at radius 2 is 1.61 bits per heavy atom. The molecule has 0 atom stereocenters. The van der Waals surface area contributed by atoms with Crippen LogP contribution in [-0.2, 0) is 0 Å². The van der Waals surface area contributed by atoms with Gasteiger partial charge in [-0.25, -0.2) is 4.98 Å². The molecule has 0 bridgehead atoms. The SMILES string of the molecule is O=C(Nc1ccc(-c2csc(-c3ccc(Cl)cc3)n2)cc1)c1ccccc1Br. The maximum Gasteiger partial charge on any atom is 0.256 e. The lowest BCUT2D eigenvalue weighted by Crippen LogP contribution is -2.12. The molecule has 0 aliphatic carbocycles. The molecule has 0 saturated carbocycles. The van der Waals surface area contributed by atoms with Crippen molar-refractivity contribution in [2.45, 2.75) is 0 Å². The van der Waals surface area contributed by atoms with E-state index in [0.29, 0.717) is 10.6 Å². The highest BCUT2D eigenvalue weighted by Crippen LogP contribution is 2.30. The van der Waals surface area contributed by atoms with Crippen LogP contribution in [-0.4, -0.2) is 10.9 Å². The monoisotopic (exact) mass is 468 g/mol. The van der Waals surface area contributed by atoms with E-state index >= 15 is 0 Å². The van der Waals surface area contributed by atoms with Crippen molar-refractivity contribution >= 4 is 50.5 Å². The van der Waals surface area contributed by atoms with Crippen LogP contribution in [0.4, 0.5) is 5.69 Å². The molecule has 28 heavy (non-hydrogen) atoms. The molecule has 0 aliphatic heterocycles. The molecule has 6 heteroatoms. The molecular weight excluding hydrogens is 456 g/mol. The van der Waals surface area contributed by atoms with Gasteiger partial charge in [0.05, 0.1) is 11.3 Å². The lowest BCUT2D eigenvalue weighted by atomic mass is 10.1. The Kier molecular flexibility index (Phi) is 5.57. The van der Waals surface area contributed by atoms with Crippen LogP contribution in [0.25, 0.3) is 21.8 Å². The van der Waals surface area contributed by atoms with E-state index in [1.54, 1.807) is 17.4 Å². The number of nitrogens with one attached hydrogen (secondary N) is 1. The van der Waals surface area contributed by atoms with Crippen molar-refractivity contribution in [3.05, 3.63) is 93.2 Å². The van der Waals surface area contributed by atoms with Crippen molar-refractivity contribution < 1.29 is 4.79 Å². The Hall–Kier alpha value is -2.47. The highest BCUT2D eigenvalue weighted by molar-refractivity contribution is 9.10. The van der Waals surface area contributed by atoms with Gasteiger partial charge >= 0.3 is 0 Å². The molecule has 4 aromatic rings. The molecule has 1 heterocycles. The van der Waals surface area contributed by atoms with Gasteiger partial charge < -0.3 is 5.32 Å². The largest absolute Gasteiger partial charge is 0.322 e. The summed E-state index contributed by atoms with van der Waals surface area (Å²) >= 11 is 10.9. The molecule has 0 spiro atoms. The molecule has 138 valence electrons. The van der Waals surface area contributed by atoms with Gasteiger partial charge in [0.1, 0.15) is 5.01 Å². The van der Waals surface area contributed by atoms with Crippen LogP contribution in [0.2, 0.25) is 5.02 Å². The molecular formula is C22H14BrClN2OS. The van der Waals surface area contributed by atoms with Crippen LogP contribution in [0.5, 0.6) is 0 Å². The summed E-state index contributed by atoms with van der Waals surface area (Å²) in [5.74, 6) is -0.154. The highest BCUT2D eigenvalue weighted by Gasteiger charge is 2.10. The third-order valence-corrected chi connectivity index (χ3v) is 5.99. The maximum absolute atomic E-state index is 12.4. The minimum absolute atomic E-state index is 0.154. The molecule has 0 aliphatic rings. The zero-order chi connectivity index (χ0) is 19.5. The first-order valence-corrected chi connectivity index (χ1v) is 10.5. The Morgan fingerprint density at radius 3 is 2.32 bits per heavy atom. The number of anilines is 1. The lowest BCUT2D eigenvalue weighted by molar-refractivity contribution is 0.102. The standard InChI is InChI=1S/C22H14BrClN2OS/c23-19-4-2-1-3-18(19)21(27)25-17-11-7-14(8-12-17)20-13-28-22(26-20)15-5-9-16(24)10-6-15/h1-13H,(H,25,27). The van der Waals surface area contributed by atoms with Crippen molar-refractivity contribution in [3.63, 3.8) is 0 Å². The second-order valence-corrected chi connectivity index (χ2v) is 8.20. The fourth-order valence-electron chi connectivity index (χ4n) is 2.70. The summed E-state index contributed by atoms with van der Waals surface area (Å²) in [4.78, 5) is 17.1. The van der Waals surface area contributed by atoms with Crippen LogP contribution in [0.15, 0.2) is 82.6 Å². The second kappa shape index (κ2) is 8.27. The predicted octanol–water partition coefficient (Wildman–Crippen LogP) is 7.15. The highest BCUT2D eigenvalue weighted by atomic mass is 79.9. The smallest absolute Gasteiger partial charge is 0.256 e. The van der Waals surface area contributed by atoms with Gasteiger partial charge in [-0.1, -0.05) is 48.0 Å². The van der Waals surface area contributed by atoms with Gasteiger partial charge in [0.15, 0.2) is 0 Å². The molecule has 1 aromatic heterocycles. The molecule has 0 radical (unpaired) electrons. The zero-order valence-electron chi connectivity index (χ0n) is 14.5. The number of thiazole rings is 1. The normalized spacial score (nSPS) is 10.6. The molecule has 4 rings (SSSR count). The third-order valence-electron chi connectivity index (χ3n) is 4.15. The van der Waals surface area contributed by atoms with E-state index < -0.39 is 0 Å². The van der Waals surface area contributed by atoms with Crippen molar-refractivity contribution in [3.8, 4) is 21.8 Å². The first-order chi connectivity index (χ1) is 13.6. The van der Waals surface area contributed by atoms with Crippen LogP contribution in [0, 0.1) is 0 Å². The Labute approximate surface area is 180 Å². The van der Waals surface area contributed by atoms with Gasteiger partial charge in [-0.2, -0.15) is 0 Å². The summed E-state index contributed by atoms with van der Waals surface area (Å²) in [5, 5.41) is 6.59. The Bertz CT molecular complexity index is 1120. The fraction of sp³-hybridized carbons (Fsp3) is 0. The van der Waals surface area contributed by atoms with Crippen molar-refractivity contribution in [1.29, 1.82) is 0 Å². The van der Waals surface area contributed by atoms with Gasteiger partial charge in [0, 0.05) is 31.7 Å². The van der Waals surface area contributed by atoms with Crippen molar-refractivity contribution in [1.82, 2.24) is 4.98 Å². The molecule has 0 saturated heterocycles. The molecule has 0 unspecified atom stereocenters. The minimum Gasteiger partial charge on any atom is -0.322 e. The fourth-order valence-corrected chi connectivity index (χ4v) is 4.13. The number of carbonyl (C=O) groups excluding carboxylic acids is 1. The third kappa shape index (κ3) is 4.17. The number of halogens is 2. The molecule has 1 amide bonds. The van der Waals surface area contributed by atoms with Crippen LogP contribution in [0.3, 0.4) is 0 Å². The number of amides is 1. The summed E-state index contributed by atoms with van der Waals surface area (Å²) in [7, 11) is 0. The zero-order valence-corrected chi connectivity index (χ0v) is 17.7. The summed E-state index contributed by atoms with van der Waals surface area (Å²) in [6.07, 6.45) is 0. The number of aromatic nitrogens is 1.